The highest BCUT2D eigenvalue weighted by atomic mass is 79.9. The molecule has 0 amide bonds. The Morgan fingerprint density at radius 2 is 1.76 bits per heavy atom. The van der Waals surface area contributed by atoms with Crippen molar-refractivity contribution in [3.63, 3.8) is 0 Å². The summed E-state index contributed by atoms with van der Waals surface area (Å²) in [5.74, 6) is -1.44. The predicted molar refractivity (Wildman–Crippen MR) is 95.8 cm³/mol. The van der Waals surface area contributed by atoms with Crippen molar-refractivity contribution in [1.29, 1.82) is 0 Å². The van der Waals surface area contributed by atoms with Crippen LogP contribution in [0.2, 0.25) is 0 Å². The molecule has 0 aliphatic heterocycles. The van der Waals surface area contributed by atoms with Gasteiger partial charge in [-0.25, -0.2) is 4.79 Å². The fraction of sp³-hybridized carbons (Fsp3) is 0.105. The van der Waals surface area contributed by atoms with Gasteiger partial charge in [-0.3, -0.25) is 9.59 Å². The number of esters is 1. The fourth-order valence-electron chi connectivity index (χ4n) is 2.33. The molecule has 1 atom stereocenters. The van der Waals surface area contributed by atoms with Gasteiger partial charge in [0.25, 0.3) is 0 Å². The van der Waals surface area contributed by atoms with E-state index in [-0.39, 0.29) is 22.6 Å². The minimum Gasteiger partial charge on any atom is -0.449 e. The van der Waals surface area contributed by atoms with Gasteiger partial charge in [-0.05, 0) is 31.2 Å². The molecule has 2 aromatic carbocycles. The largest absolute Gasteiger partial charge is 0.449 e. The number of hydrogen-bond donors (Lipinski definition) is 0. The van der Waals surface area contributed by atoms with Crippen LogP contribution in [-0.4, -0.2) is 17.9 Å². The number of Topliss-reactive ketones (excluding diaryl/α,β-unsaturated/α-hetero) is 1. The van der Waals surface area contributed by atoms with Crippen LogP contribution in [0.25, 0.3) is 11.0 Å². The van der Waals surface area contributed by atoms with E-state index >= 15 is 0 Å². The van der Waals surface area contributed by atoms with Crippen LogP contribution >= 0.6 is 15.9 Å². The van der Waals surface area contributed by atoms with Gasteiger partial charge in [-0.2, -0.15) is 0 Å². The lowest BCUT2D eigenvalue weighted by Gasteiger charge is -2.12. The molecule has 1 heterocycles. The molecule has 1 aromatic heterocycles. The van der Waals surface area contributed by atoms with Crippen LogP contribution in [0.15, 0.2) is 68.3 Å². The summed E-state index contributed by atoms with van der Waals surface area (Å²) in [5.41, 5.74) is 0.359. The van der Waals surface area contributed by atoms with Gasteiger partial charge in [-0.15, -0.1) is 0 Å². The van der Waals surface area contributed by atoms with Crippen molar-refractivity contribution in [1.82, 2.24) is 0 Å². The lowest BCUT2D eigenvalue weighted by atomic mass is 10.1. The highest BCUT2D eigenvalue weighted by Crippen LogP contribution is 2.16. The number of ether oxygens (including phenoxy) is 1. The molecule has 5 nitrogen and oxygen atoms in total. The molecular weight excluding hydrogens is 388 g/mol. The quantitative estimate of drug-likeness (QED) is 0.489. The van der Waals surface area contributed by atoms with Crippen LogP contribution in [-0.2, 0) is 4.74 Å². The average molecular weight is 401 g/mol. The number of benzene rings is 2. The van der Waals surface area contributed by atoms with Gasteiger partial charge >= 0.3 is 5.97 Å². The monoisotopic (exact) mass is 400 g/mol. The first kappa shape index (κ1) is 17.1. The Balaban J connectivity index is 1.81. The molecule has 6 heteroatoms. The molecule has 0 spiro atoms. The fourth-order valence-corrected chi connectivity index (χ4v) is 2.59. The lowest BCUT2D eigenvalue weighted by molar-refractivity contribution is 0.0289. The number of hydrogen-bond acceptors (Lipinski definition) is 5. The summed E-state index contributed by atoms with van der Waals surface area (Å²) in [4.78, 5) is 36.6. The summed E-state index contributed by atoms with van der Waals surface area (Å²) in [6.07, 6.45) is -1.01. The van der Waals surface area contributed by atoms with Gasteiger partial charge in [-0.1, -0.05) is 40.2 Å². The first-order valence-electron chi connectivity index (χ1n) is 7.49. The Morgan fingerprint density at radius 3 is 2.48 bits per heavy atom. The number of halogens is 1. The van der Waals surface area contributed by atoms with Crippen molar-refractivity contribution in [3.8, 4) is 0 Å². The Hall–Kier alpha value is -2.73. The summed E-state index contributed by atoms with van der Waals surface area (Å²) >= 11 is 3.29. The minimum absolute atomic E-state index is 0.237. The van der Waals surface area contributed by atoms with Crippen LogP contribution in [0, 0.1) is 0 Å². The van der Waals surface area contributed by atoms with E-state index in [1.807, 2.05) is 0 Å². The zero-order chi connectivity index (χ0) is 18.0. The second-order valence-electron chi connectivity index (χ2n) is 5.39. The molecule has 0 N–H and O–H groups in total. The highest BCUT2D eigenvalue weighted by molar-refractivity contribution is 9.10. The third kappa shape index (κ3) is 3.69. The predicted octanol–water partition coefficient (Wildman–Crippen LogP) is 3.98. The first-order chi connectivity index (χ1) is 12.0. The Morgan fingerprint density at radius 1 is 1.08 bits per heavy atom. The molecule has 0 unspecified atom stereocenters. The number of fused-ring (bicyclic) bond motifs is 1. The summed E-state index contributed by atoms with van der Waals surface area (Å²) in [6, 6.07) is 14.4. The molecule has 0 fully saturated rings. The topological polar surface area (TPSA) is 73.6 Å². The number of rotatable bonds is 4. The second-order valence-corrected chi connectivity index (χ2v) is 6.31. The lowest BCUT2D eigenvalue weighted by Crippen LogP contribution is -2.25. The molecule has 0 saturated carbocycles. The van der Waals surface area contributed by atoms with Crippen LogP contribution in [0.1, 0.15) is 27.8 Å². The van der Waals surface area contributed by atoms with Gasteiger partial charge in [0.2, 0.25) is 11.5 Å². The maximum absolute atomic E-state index is 12.3. The Bertz CT molecular complexity index is 1000. The van der Waals surface area contributed by atoms with E-state index < -0.39 is 12.1 Å². The molecular formula is C19H13BrO5. The summed E-state index contributed by atoms with van der Waals surface area (Å²) in [5, 5.41) is 0.373. The van der Waals surface area contributed by atoms with E-state index in [4.69, 9.17) is 9.15 Å². The van der Waals surface area contributed by atoms with Crippen molar-refractivity contribution in [2.45, 2.75) is 13.0 Å². The van der Waals surface area contributed by atoms with Crippen molar-refractivity contribution in [2.75, 3.05) is 0 Å². The van der Waals surface area contributed by atoms with E-state index in [0.29, 0.717) is 10.9 Å². The average Bonchev–Trinajstić information content (AvgIpc) is 2.61. The van der Waals surface area contributed by atoms with Crippen LogP contribution < -0.4 is 5.43 Å². The molecule has 3 aromatic rings. The minimum atomic E-state index is -1.01. The molecule has 126 valence electrons. The van der Waals surface area contributed by atoms with E-state index in [2.05, 4.69) is 15.9 Å². The second kappa shape index (κ2) is 7.03. The van der Waals surface area contributed by atoms with Crippen molar-refractivity contribution < 1.29 is 18.7 Å². The standard InChI is InChI=1S/C19H13BrO5/c1-11(18(22)12-6-8-13(20)9-7-12)24-19(23)17-10-15(21)14-4-2-3-5-16(14)25-17/h2-11H,1H3/t11-/m1/s1. The molecule has 0 saturated heterocycles. The molecule has 0 radical (unpaired) electrons. The maximum atomic E-state index is 12.3. The van der Waals surface area contributed by atoms with E-state index in [1.54, 1.807) is 48.5 Å². The SMILES string of the molecule is C[C@@H](OC(=O)c1cc(=O)c2ccccc2o1)C(=O)c1ccc(Br)cc1. The number of carbonyl (C=O) groups is 2. The molecule has 0 aliphatic carbocycles. The third-order valence-electron chi connectivity index (χ3n) is 3.62. The number of ketones is 1. The van der Waals surface area contributed by atoms with Gasteiger partial charge in [0.15, 0.2) is 11.5 Å². The molecule has 25 heavy (non-hydrogen) atoms. The maximum Gasteiger partial charge on any atom is 0.375 e. The van der Waals surface area contributed by atoms with Gasteiger partial charge < -0.3 is 9.15 Å². The third-order valence-corrected chi connectivity index (χ3v) is 4.15. The summed E-state index contributed by atoms with van der Waals surface area (Å²) < 4.78 is 11.4. The van der Waals surface area contributed by atoms with Crippen molar-refractivity contribution in [2.24, 2.45) is 0 Å². The van der Waals surface area contributed by atoms with Gasteiger partial charge in [0.1, 0.15) is 5.58 Å². The number of carbonyl (C=O) groups excluding carboxylic acids is 2. The van der Waals surface area contributed by atoms with Crippen molar-refractivity contribution >= 4 is 38.7 Å². The van der Waals surface area contributed by atoms with Gasteiger partial charge in [0, 0.05) is 16.1 Å². The van der Waals surface area contributed by atoms with Crippen LogP contribution in [0.4, 0.5) is 0 Å². The summed E-state index contributed by atoms with van der Waals surface area (Å²) in [7, 11) is 0. The zero-order valence-corrected chi connectivity index (χ0v) is 14.8. The van der Waals surface area contributed by atoms with E-state index in [9.17, 15) is 14.4 Å². The van der Waals surface area contributed by atoms with E-state index in [1.165, 1.54) is 6.92 Å². The van der Waals surface area contributed by atoms with Crippen LogP contribution in [0.3, 0.4) is 0 Å². The highest BCUT2D eigenvalue weighted by Gasteiger charge is 2.22. The van der Waals surface area contributed by atoms with Crippen LogP contribution in [0.5, 0.6) is 0 Å². The Kier molecular flexibility index (Phi) is 4.81. The Labute approximate surface area is 151 Å². The van der Waals surface area contributed by atoms with Gasteiger partial charge in [0.05, 0.1) is 5.39 Å². The first-order valence-corrected chi connectivity index (χ1v) is 8.28. The molecule has 0 aliphatic rings. The summed E-state index contributed by atoms with van der Waals surface area (Å²) in [6.45, 7) is 1.47. The number of para-hydroxylation sites is 1. The molecule has 3 rings (SSSR count). The normalized spacial score (nSPS) is 11.9. The molecule has 0 bridgehead atoms. The zero-order valence-electron chi connectivity index (χ0n) is 13.2. The van der Waals surface area contributed by atoms with Crippen molar-refractivity contribution in [3.05, 3.63) is 80.6 Å². The van der Waals surface area contributed by atoms with E-state index in [0.717, 1.165) is 10.5 Å². The smallest absolute Gasteiger partial charge is 0.375 e.